The van der Waals surface area contributed by atoms with Gasteiger partial charge in [-0.3, -0.25) is 0 Å². The molecule has 0 amide bonds. The number of methoxy groups -OCH3 is 1. The first-order chi connectivity index (χ1) is 7.51. The molecule has 4 nitrogen and oxygen atoms in total. The zero-order chi connectivity index (χ0) is 12.6. The number of carbonyl (C=O) groups excluding carboxylic acids is 2. The summed E-state index contributed by atoms with van der Waals surface area (Å²) in [6.07, 6.45) is 2.30. The zero-order valence-electron chi connectivity index (χ0n) is 10.2. The second-order valence-corrected chi connectivity index (χ2v) is 3.70. The fraction of sp³-hybridized carbons (Fsp3) is 0.667. The highest BCUT2D eigenvalue weighted by molar-refractivity contribution is 5.76. The van der Waals surface area contributed by atoms with E-state index in [1.54, 1.807) is 13.0 Å². The van der Waals surface area contributed by atoms with E-state index in [0.29, 0.717) is 19.3 Å². The molecule has 0 N–H and O–H groups in total. The molecule has 0 saturated carbocycles. The maximum atomic E-state index is 11.4. The number of hydrogen-bond donors (Lipinski definition) is 0. The van der Waals surface area contributed by atoms with Gasteiger partial charge >= 0.3 is 5.97 Å². The van der Waals surface area contributed by atoms with Crippen LogP contribution in [0.15, 0.2) is 12.7 Å². The van der Waals surface area contributed by atoms with Gasteiger partial charge in [0.1, 0.15) is 11.9 Å². The molecule has 0 aliphatic heterocycles. The van der Waals surface area contributed by atoms with Gasteiger partial charge in [-0.1, -0.05) is 6.08 Å². The van der Waals surface area contributed by atoms with Crippen LogP contribution in [0.3, 0.4) is 0 Å². The molecule has 0 aromatic carbocycles. The van der Waals surface area contributed by atoms with Crippen LogP contribution in [0.4, 0.5) is 0 Å². The molecule has 0 saturated heterocycles. The number of ether oxygens (including phenoxy) is 2. The number of ketones is 1. The van der Waals surface area contributed by atoms with Crippen LogP contribution in [-0.2, 0) is 19.1 Å². The summed E-state index contributed by atoms with van der Waals surface area (Å²) in [5.74, 6) is -0.317. The minimum Gasteiger partial charge on any atom is -0.460 e. The summed E-state index contributed by atoms with van der Waals surface area (Å²) in [5, 5.41) is 0. The quantitative estimate of drug-likeness (QED) is 0.470. The van der Waals surface area contributed by atoms with Crippen molar-refractivity contribution < 1.29 is 19.1 Å². The molecule has 0 radical (unpaired) electrons. The molecule has 0 aliphatic carbocycles. The highest BCUT2D eigenvalue weighted by Gasteiger charge is 2.18. The Bertz CT molecular complexity index is 247. The molecule has 2 unspecified atom stereocenters. The van der Waals surface area contributed by atoms with Crippen molar-refractivity contribution in [2.24, 2.45) is 0 Å². The highest BCUT2D eigenvalue weighted by atomic mass is 16.6. The second-order valence-electron chi connectivity index (χ2n) is 3.70. The molecular weight excluding hydrogens is 208 g/mol. The minimum absolute atomic E-state index is 0.0879. The molecule has 92 valence electrons. The zero-order valence-corrected chi connectivity index (χ0v) is 10.2. The first kappa shape index (κ1) is 14.8. The molecular formula is C12H20O4. The summed E-state index contributed by atoms with van der Waals surface area (Å²) in [6.45, 7) is 6.73. The molecule has 0 aliphatic rings. The van der Waals surface area contributed by atoms with Gasteiger partial charge < -0.3 is 14.3 Å². The lowest BCUT2D eigenvalue weighted by molar-refractivity contribution is -0.160. The fourth-order valence-corrected chi connectivity index (χ4v) is 1.13. The van der Waals surface area contributed by atoms with E-state index >= 15 is 0 Å². The van der Waals surface area contributed by atoms with Crippen molar-refractivity contribution in [2.45, 2.75) is 45.3 Å². The highest BCUT2D eigenvalue weighted by Crippen LogP contribution is 2.10. The number of hydrogen-bond acceptors (Lipinski definition) is 4. The summed E-state index contributed by atoms with van der Waals surface area (Å²) >= 11 is 0. The normalized spacial score (nSPS) is 13.9. The van der Waals surface area contributed by atoms with E-state index in [1.807, 2.05) is 0 Å². The summed E-state index contributed by atoms with van der Waals surface area (Å²) in [6, 6.07) is 0. The Morgan fingerprint density at radius 1 is 1.44 bits per heavy atom. The Labute approximate surface area is 96.6 Å². The monoisotopic (exact) mass is 228 g/mol. The number of carbonyl (C=O) groups is 2. The van der Waals surface area contributed by atoms with E-state index in [0.717, 1.165) is 0 Å². The van der Waals surface area contributed by atoms with Crippen molar-refractivity contribution in [3.8, 4) is 0 Å². The van der Waals surface area contributed by atoms with Gasteiger partial charge in [-0.05, 0) is 20.3 Å². The van der Waals surface area contributed by atoms with Crippen molar-refractivity contribution in [1.29, 1.82) is 0 Å². The molecule has 16 heavy (non-hydrogen) atoms. The molecule has 0 spiro atoms. The van der Waals surface area contributed by atoms with Gasteiger partial charge in [0, 0.05) is 20.0 Å². The molecule has 0 bridgehead atoms. The van der Waals surface area contributed by atoms with E-state index in [-0.39, 0.29) is 11.9 Å². The average molecular weight is 228 g/mol. The minimum atomic E-state index is -0.579. The molecule has 0 rings (SSSR count). The Morgan fingerprint density at radius 3 is 2.50 bits per heavy atom. The largest absolute Gasteiger partial charge is 0.460 e. The van der Waals surface area contributed by atoms with E-state index < -0.39 is 12.1 Å². The third kappa shape index (κ3) is 6.35. The second kappa shape index (κ2) is 8.05. The van der Waals surface area contributed by atoms with Crippen LogP contribution in [0.5, 0.6) is 0 Å². The Balaban J connectivity index is 4.15. The first-order valence-electron chi connectivity index (χ1n) is 5.34. The Morgan fingerprint density at radius 2 is 2.06 bits per heavy atom. The van der Waals surface area contributed by atoms with Crippen LogP contribution in [0.25, 0.3) is 0 Å². The molecule has 2 atom stereocenters. The standard InChI is InChI=1S/C12H20O4/c1-5-6-11(8-7-9(2)13)16-12(14)10(3)15-4/h5,10-11H,1,6-8H2,2-4H3. The maximum Gasteiger partial charge on any atom is 0.335 e. The smallest absolute Gasteiger partial charge is 0.335 e. The topological polar surface area (TPSA) is 52.6 Å². The molecule has 4 heteroatoms. The lowest BCUT2D eigenvalue weighted by atomic mass is 10.1. The van der Waals surface area contributed by atoms with Crippen LogP contribution in [0.2, 0.25) is 0 Å². The third-order valence-corrected chi connectivity index (χ3v) is 2.22. The van der Waals surface area contributed by atoms with Gasteiger partial charge in [-0.2, -0.15) is 0 Å². The van der Waals surface area contributed by atoms with E-state index in [2.05, 4.69) is 6.58 Å². The molecule has 0 aromatic rings. The van der Waals surface area contributed by atoms with Crippen molar-refractivity contribution in [3.05, 3.63) is 12.7 Å². The van der Waals surface area contributed by atoms with E-state index in [1.165, 1.54) is 14.0 Å². The van der Waals surface area contributed by atoms with Crippen LogP contribution in [0, 0.1) is 0 Å². The summed E-state index contributed by atoms with van der Waals surface area (Å²) < 4.78 is 10.1. The third-order valence-electron chi connectivity index (χ3n) is 2.22. The van der Waals surface area contributed by atoms with Crippen molar-refractivity contribution in [2.75, 3.05) is 7.11 Å². The van der Waals surface area contributed by atoms with Crippen molar-refractivity contribution in [1.82, 2.24) is 0 Å². The Hall–Kier alpha value is -1.16. The lowest BCUT2D eigenvalue weighted by Gasteiger charge is -2.18. The maximum absolute atomic E-state index is 11.4. The van der Waals surface area contributed by atoms with Gasteiger partial charge in [0.05, 0.1) is 0 Å². The average Bonchev–Trinajstić information content (AvgIpc) is 2.24. The van der Waals surface area contributed by atoms with Gasteiger partial charge in [0.25, 0.3) is 0 Å². The van der Waals surface area contributed by atoms with Gasteiger partial charge in [-0.15, -0.1) is 6.58 Å². The van der Waals surface area contributed by atoms with Crippen LogP contribution >= 0.6 is 0 Å². The fourth-order valence-electron chi connectivity index (χ4n) is 1.13. The van der Waals surface area contributed by atoms with Crippen LogP contribution in [0.1, 0.15) is 33.1 Å². The predicted octanol–water partition coefficient (Wildman–Crippen LogP) is 1.88. The number of esters is 1. The Kier molecular flexibility index (Phi) is 7.46. The van der Waals surface area contributed by atoms with Gasteiger partial charge in [0.2, 0.25) is 0 Å². The molecule has 0 heterocycles. The first-order valence-corrected chi connectivity index (χ1v) is 5.34. The van der Waals surface area contributed by atoms with E-state index in [4.69, 9.17) is 9.47 Å². The van der Waals surface area contributed by atoms with Crippen LogP contribution in [-0.4, -0.2) is 31.1 Å². The van der Waals surface area contributed by atoms with Crippen molar-refractivity contribution in [3.63, 3.8) is 0 Å². The molecule has 0 fully saturated rings. The number of Topliss-reactive ketones (excluding diaryl/α,β-unsaturated/α-hetero) is 1. The SMILES string of the molecule is C=CCC(CCC(C)=O)OC(=O)C(C)OC. The summed E-state index contributed by atoms with van der Waals surface area (Å²) in [4.78, 5) is 22.3. The van der Waals surface area contributed by atoms with Gasteiger partial charge in [0.15, 0.2) is 6.10 Å². The van der Waals surface area contributed by atoms with Crippen LogP contribution < -0.4 is 0 Å². The predicted molar refractivity (Wildman–Crippen MR) is 61.1 cm³/mol. The lowest BCUT2D eigenvalue weighted by Crippen LogP contribution is -2.27. The summed E-state index contributed by atoms with van der Waals surface area (Å²) in [7, 11) is 1.45. The van der Waals surface area contributed by atoms with Gasteiger partial charge in [-0.25, -0.2) is 4.79 Å². The van der Waals surface area contributed by atoms with E-state index in [9.17, 15) is 9.59 Å². The summed E-state index contributed by atoms with van der Waals surface area (Å²) in [5.41, 5.74) is 0. The molecule has 0 aromatic heterocycles. The van der Waals surface area contributed by atoms with Crippen molar-refractivity contribution >= 4 is 11.8 Å². The number of rotatable bonds is 8.